The van der Waals surface area contributed by atoms with E-state index in [1.54, 1.807) is 18.2 Å². The zero-order valence-electron chi connectivity index (χ0n) is 7.96. The van der Waals surface area contributed by atoms with Crippen molar-refractivity contribution < 1.29 is 9.90 Å². The fraction of sp³-hybridized carbons (Fsp3) is 0.300. The van der Waals surface area contributed by atoms with Gasteiger partial charge in [0.15, 0.2) is 5.75 Å². The van der Waals surface area contributed by atoms with Crippen molar-refractivity contribution in [1.82, 2.24) is 0 Å². The fourth-order valence-electron chi connectivity index (χ4n) is 1.22. The van der Waals surface area contributed by atoms with Gasteiger partial charge in [-0.1, -0.05) is 6.07 Å². The van der Waals surface area contributed by atoms with E-state index in [-0.39, 0.29) is 11.7 Å². The van der Waals surface area contributed by atoms with E-state index in [0.717, 1.165) is 0 Å². The molecule has 0 bridgehead atoms. The highest BCUT2D eigenvalue weighted by Gasteiger charge is 2.46. The van der Waals surface area contributed by atoms with Crippen molar-refractivity contribution in [3.05, 3.63) is 22.7 Å². The van der Waals surface area contributed by atoms with Gasteiger partial charge in [-0.25, -0.2) is 0 Å². The second kappa shape index (κ2) is 3.50. The maximum absolute atomic E-state index is 11.6. The van der Waals surface area contributed by atoms with E-state index >= 15 is 0 Å². The van der Waals surface area contributed by atoms with Gasteiger partial charge in [0.2, 0.25) is 5.91 Å². The second-order valence-corrected chi connectivity index (χ2v) is 4.60. The molecule has 0 aliphatic heterocycles. The Bertz CT molecular complexity index is 416. The summed E-state index contributed by atoms with van der Waals surface area (Å²) in [5.41, 5.74) is 5.37. The van der Waals surface area contributed by atoms with Crippen LogP contribution in [0.15, 0.2) is 22.7 Å². The minimum Gasteiger partial charge on any atom is -0.505 e. The van der Waals surface area contributed by atoms with Crippen LogP contribution >= 0.6 is 15.9 Å². The Morgan fingerprint density at radius 3 is 2.80 bits per heavy atom. The predicted octanol–water partition coefficient (Wildman–Crippen LogP) is 1.58. The summed E-state index contributed by atoms with van der Waals surface area (Å²) in [5, 5.41) is 12.2. The van der Waals surface area contributed by atoms with Gasteiger partial charge in [0.1, 0.15) is 0 Å². The molecule has 0 saturated heterocycles. The van der Waals surface area contributed by atoms with Crippen molar-refractivity contribution in [3.8, 4) is 5.75 Å². The topological polar surface area (TPSA) is 75.4 Å². The lowest BCUT2D eigenvalue weighted by molar-refractivity contribution is -0.118. The lowest BCUT2D eigenvalue weighted by atomic mass is 10.2. The highest BCUT2D eigenvalue weighted by Crippen LogP contribution is 2.36. The minimum absolute atomic E-state index is 0.0232. The molecule has 4 N–H and O–H groups in total. The minimum atomic E-state index is -0.727. The molecule has 1 aromatic carbocycles. The van der Waals surface area contributed by atoms with Crippen LogP contribution in [0.25, 0.3) is 0 Å². The van der Waals surface area contributed by atoms with Crippen LogP contribution in [0.3, 0.4) is 0 Å². The quantitative estimate of drug-likeness (QED) is 0.715. The lowest BCUT2D eigenvalue weighted by Gasteiger charge is -2.11. The van der Waals surface area contributed by atoms with Gasteiger partial charge in [0.05, 0.1) is 15.7 Å². The molecule has 2 rings (SSSR count). The Morgan fingerprint density at radius 1 is 1.53 bits per heavy atom. The average molecular weight is 271 g/mol. The van der Waals surface area contributed by atoms with Crippen LogP contribution in [0.2, 0.25) is 0 Å². The summed E-state index contributed by atoms with van der Waals surface area (Å²) in [6, 6.07) is 5.06. The summed E-state index contributed by atoms with van der Waals surface area (Å²) in [6.45, 7) is 0. The Morgan fingerprint density at radius 2 is 2.20 bits per heavy atom. The van der Waals surface area contributed by atoms with Crippen LogP contribution in [0.5, 0.6) is 5.75 Å². The zero-order chi connectivity index (χ0) is 11.1. The average Bonchev–Trinajstić information content (AvgIpc) is 2.93. The first-order chi connectivity index (χ1) is 7.03. The van der Waals surface area contributed by atoms with Gasteiger partial charge in [0, 0.05) is 0 Å². The molecular weight excluding hydrogens is 260 g/mol. The Balaban J connectivity index is 2.17. The number of carbonyl (C=O) groups excluding carboxylic acids is 1. The SMILES string of the molecule is NC1(C(=O)Nc2cccc(Br)c2O)CC1. The molecule has 1 aromatic rings. The molecule has 80 valence electrons. The molecule has 1 fully saturated rings. The predicted molar refractivity (Wildman–Crippen MR) is 60.6 cm³/mol. The number of hydrogen-bond donors (Lipinski definition) is 3. The van der Waals surface area contributed by atoms with E-state index in [0.29, 0.717) is 23.0 Å². The monoisotopic (exact) mass is 270 g/mol. The number of anilines is 1. The molecule has 0 spiro atoms. The molecule has 0 radical (unpaired) electrons. The summed E-state index contributed by atoms with van der Waals surface area (Å²) in [4.78, 5) is 11.6. The Labute approximate surface area is 95.6 Å². The second-order valence-electron chi connectivity index (χ2n) is 3.75. The van der Waals surface area contributed by atoms with Gasteiger partial charge in [0.25, 0.3) is 0 Å². The standard InChI is InChI=1S/C10H11BrN2O2/c11-6-2-1-3-7(8(6)14)13-9(15)10(12)4-5-10/h1-3,14H,4-5,12H2,(H,13,15). The number of para-hydroxylation sites is 1. The molecule has 4 nitrogen and oxygen atoms in total. The van der Waals surface area contributed by atoms with E-state index < -0.39 is 5.54 Å². The number of aromatic hydroxyl groups is 1. The maximum Gasteiger partial charge on any atom is 0.244 e. The van der Waals surface area contributed by atoms with Crippen molar-refractivity contribution in [2.45, 2.75) is 18.4 Å². The van der Waals surface area contributed by atoms with Crippen molar-refractivity contribution in [2.24, 2.45) is 5.73 Å². The van der Waals surface area contributed by atoms with E-state index in [1.165, 1.54) is 0 Å². The summed E-state index contributed by atoms with van der Waals surface area (Å²) in [7, 11) is 0. The number of nitrogens with two attached hydrogens (primary N) is 1. The number of nitrogens with one attached hydrogen (secondary N) is 1. The van der Waals surface area contributed by atoms with Crippen LogP contribution in [0.4, 0.5) is 5.69 Å². The van der Waals surface area contributed by atoms with Gasteiger partial charge >= 0.3 is 0 Å². The smallest absolute Gasteiger partial charge is 0.244 e. The van der Waals surface area contributed by atoms with E-state index in [2.05, 4.69) is 21.2 Å². The van der Waals surface area contributed by atoms with E-state index in [4.69, 9.17) is 5.73 Å². The molecule has 1 amide bonds. The normalized spacial score (nSPS) is 17.2. The Hall–Kier alpha value is -1.07. The maximum atomic E-state index is 11.6. The van der Waals surface area contributed by atoms with Crippen molar-refractivity contribution in [1.29, 1.82) is 0 Å². The largest absolute Gasteiger partial charge is 0.505 e. The molecule has 0 aromatic heterocycles. The van der Waals surface area contributed by atoms with Gasteiger partial charge in [-0.3, -0.25) is 4.79 Å². The first kappa shape index (κ1) is 10.4. The third kappa shape index (κ3) is 1.98. The van der Waals surface area contributed by atoms with Crippen molar-refractivity contribution >= 4 is 27.5 Å². The number of phenolic OH excluding ortho intramolecular Hbond substituents is 1. The number of benzene rings is 1. The van der Waals surface area contributed by atoms with Crippen LogP contribution < -0.4 is 11.1 Å². The number of phenols is 1. The zero-order valence-corrected chi connectivity index (χ0v) is 9.54. The van der Waals surface area contributed by atoms with Crippen LogP contribution in [0.1, 0.15) is 12.8 Å². The third-order valence-corrected chi connectivity index (χ3v) is 3.12. The molecule has 15 heavy (non-hydrogen) atoms. The number of hydrogen-bond acceptors (Lipinski definition) is 3. The van der Waals surface area contributed by atoms with E-state index in [9.17, 15) is 9.90 Å². The number of rotatable bonds is 2. The van der Waals surface area contributed by atoms with Crippen LogP contribution in [-0.2, 0) is 4.79 Å². The molecule has 1 aliphatic rings. The molecule has 0 heterocycles. The van der Waals surface area contributed by atoms with Gasteiger partial charge < -0.3 is 16.2 Å². The Kier molecular flexibility index (Phi) is 2.44. The van der Waals surface area contributed by atoms with Crippen LogP contribution in [0, 0.1) is 0 Å². The summed E-state index contributed by atoms with van der Waals surface area (Å²) in [5.74, 6) is -0.217. The number of halogens is 1. The van der Waals surface area contributed by atoms with E-state index in [1.807, 2.05) is 0 Å². The summed E-state index contributed by atoms with van der Waals surface area (Å²) < 4.78 is 0.544. The lowest BCUT2D eigenvalue weighted by Crippen LogP contribution is -2.37. The molecule has 1 saturated carbocycles. The van der Waals surface area contributed by atoms with Crippen LogP contribution in [-0.4, -0.2) is 16.6 Å². The molecule has 5 heteroatoms. The molecule has 0 unspecified atom stereocenters. The highest BCUT2D eigenvalue weighted by atomic mass is 79.9. The highest BCUT2D eigenvalue weighted by molar-refractivity contribution is 9.10. The third-order valence-electron chi connectivity index (χ3n) is 2.48. The fourth-order valence-corrected chi connectivity index (χ4v) is 1.59. The molecule has 1 aliphatic carbocycles. The number of amides is 1. The first-order valence-corrected chi connectivity index (χ1v) is 5.40. The van der Waals surface area contributed by atoms with Crippen molar-refractivity contribution in [3.63, 3.8) is 0 Å². The molecule has 0 atom stereocenters. The van der Waals surface area contributed by atoms with Gasteiger partial charge in [-0.15, -0.1) is 0 Å². The van der Waals surface area contributed by atoms with Gasteiger partial charge in [-0.05, 0) is 40.9 Å². The summed E-state index contributed by atoms with van der Waals surface area (Å²) in [6.07, 6.45) is 1.40. The number of carbonyl (C=O) groups is 1. The van der Waals surface area contributed by atoms with Gasteiger partial charge in [-0.2, -0.15) is 0 Å². The first-order valence-electron chi connectivity index (χ1n) is 4.61. The summed E-state index contributed by atoms with van der Waals surface area (Å²) >= 11 is 3.17. The molecular formula is C10H11BrN2O2. The van der Waals surface area contributed by atoms with Crippen molar-refractivity contribution in [2.75, 3.05) is 5.32 Å².